The van der Waals surface area contributed by atoms with E-state index < -0.39 is 6.04 Å². The van der Waals surface area contributed by atoms with Crippen molar-refractivity contribution in [3.05, 3.63) is 64.9 Å². The number of benzene rings is 2. The second-order valence-electron chi connectivity index (χ2n) is 6.87. The van der Waals surface area contributed by atoms with Crippen LogP contribution in [0.25, 0.3) is 0 Å². The molecule has 0 aliphatic carbocycles. The number of rotatable bonds is 7. The summed E-state index contributed by atoms with van der Waals surface area (Å²) >= 11 is 6.00. The monoisotopic (exact) mass is 390 g/mol. The van der Waals surface area contributed by atoms with Gasteiger partial charge < -0.3 is 15.4 Å². The van der Waals surface area contributed by atoms with Gasteiger partial charge in [0.05, 0.1) is 12.1 Å². The molecule has 1 fully saturated rings. The number of likely N-dealkylation sites (tertiary alicyclic amines) is 1. The van der Waals surface area contributed by atoms with Gasteiger partial charge in [-0.2, -0.15) is 0 Å². The van der Waals surface area contributed by atoms with E-state index in [0.29, 0.717) is 36.8 Å². The molecule has 3 rings (SSSR count). The van der Waals surface area contributed by atoms with E-state index in [-0.39, 0.29) is 17.8 Å². The first-order chi connectivity index (χ1) is 13.0. The molecule has 0 aromatic heterocycles. The third-order valence-electron chi connectivity index (χ3n) is 4.85. The smallest absolute Gasteiger partial charge is 0.239 e. The minimum Gasteiger partial charge on any atom is -0.491 e. The van der Waals surface area contributed by atoms with Crippen molar-refractivity contribution in [3.63, 3.8) is 0 Å². The number of carbonyl (C=O) groups is 1. The van der Waals surface area contributed by atoms with Crippen LogP contribution in [0.3, 0.4) is 0 Å². The molecule has 4 nitrogen and oxygen atoms in total. The molecule has 144 valence electrons. The predicted octanol–water partition coefficient (Wildman–Crippen LogP) is 3.81. The van der Waals surface area contributed by atoms with Gasteiger partial charge in [0.25, 0.3) is 0 Å². The summed E-state index contributed by atoms with van der Waals surface area (Å²) in [5, 5.41) is 0.682. The molecule has 27 heavy (non-hydrogen) atoms. The van der Waals surface area contributed by atoms with Crippen molar-refractivity contribution >= 4 is 17.5 Å². The van der Waals surface area contributed by atoms with Gasteiger partial charge in [0, 0.05) is 17.6 Å². The van der Waals surface area contributed by atoms with Crippen LogP contribution in [0, 0.1) is 5.82 Å². The van der Waals surface area contributed by atoms with Crippen LogP contribution >= 0.6 is 11.6 Å². The van der Waals surface area contributed by atoms with Gasteiger partial charge >= 0.3 is 0 Å². The highest BCUT2D eigenvalue weighted by Gasteiger charge is 2.32. The van der Waals surface area contributed by atoms with Crippen molar-refractivity contribution < 1.29 is 13.9 Å². The number of nitrogens with zero attached hydrogens (tertiary/aromatic N) is 1. The van der Waals surface area contributed by atoms with Gasteiger partial charge in [-0.3, -0.25) is 4.79 Å². The van der Waals surface area contributed by atoms with Crippen molar-refractivity contribution in [1.82, 2.24) is 4.90 Å². The van der Waals surface area contributed by atoms with E-state index in [1.165, 1.54) is 12.1 Å². The molecule has 1 amide bonds. The lowest BCUT2D eigenvalue weighted by atomic mass is 10.0. The molecule has 2 aromatic rings. The molecule has 0 spiro atoms. The lowest BCUT2D eigenvalue weighted by Crippen LogP contribution is -2.47. The molecule has 1 aliphatic rings. The summed E-state index contributed by atoms with van der Waals surface area (Å²) in [4.78, 5) is 14.6. The molecule has 0 radical (unpaired) electrons. The number of carbonyl (C=O) groups excluding carboxylic acids is 1. The SMILES string of the molecule is N[C@H](CCc1cccc(Cl)c1)C(=O)N1CCC[C@H]1COc1cccc(F)c1. The molecule has 0 saturated carbocycles. The molecular formula is C21H24ClFN2O2. The third-order valence-corrected chi connectivity index (χ3v) is 5.08. The maximum absolute atomic E-state index is 13.3. The Balaban J connectivity index is 1.52. The maximum Gasteiger partial charge on any atom is 0.239 e. The normalized spacial score (nSPS) is 17.7. The van der Waals surface area contributed by atoms with Crippen LogP contribution in [0.1, 0.15) is 24.8 Å². The zero-order chi connectivity index (χ0) is 19.2. The summed E-state index contributed by atoms with van der Waals surface area (Å²) in [6.07, 6.45) is 3.05. The Bertz CT molecular complexity index is 786. The highest BCUT2D eigenvalue weighted by Crippen LogP contribution is 2.21. The molecule has 6 heteroatoms. The second-order valence-corrected chi connectivity index (χ2v) is 7.31. The fourth-order valence-electron chi connectivity index (χ4n) is 3.40. The number of halogens is 2. The van der Waals surface area contributed by atoms with E-state index in [4.69, 9.17) is 22.1 Å². The van der Waals surface area contributed by atoms with Gasteiger partial charge in [-0.05, 0) is 55.5 Å². The molecule has 2 N–H and O–H groups in total. The fourth-order valence-corrected chi connectivity index (χ4v) is 3.61. The Hall–Kier alpha value is -2.11. The summed E-state index contributed by atoms with van der Waals surface area (Å²) in [6.45, 7) is 1.02. The zero-order valence-electron chi connectivity index (χ0n) is 15.1. The van der Waals surface area contributed by atoms with Gasteiger partial charge in [-0.15, -0.1) is 0 Å². The van der Waals surface area contributed by atoms with E-state index in [9.17, 15) is 9.18 Å². The fraction of sp³-hybridized carbons (Fsp3) is 0.381. The van der Waals surface area contributed by atoms with Crippen LogP contribution in [0.15, 0.2) is 48.5 Å². The number of ether oxygens (including phenoxy) is 1. The van der Waals surface area contributed by atoms with Crippen molar-refractivity contribution in [3.8, 4) is 5.75 Å². The standard InChI is InChI=1S/C21H24ClFN2O2/c22-16-5-1-4-15(12-16)9-10-20(24)21(26)25-11-3-7-18(25)14-27-19-8-2-6-17(23)13-19/h1-2,4-6,8,12-13,18,20H,3,7,9-11,14,24H2/t18-,20+/m0/s1. The highest BCUT2D eigenvalue weighted by atomic mass is 35.5. The first kappa shape index (κ1) is 19.6. The summed E-state index contributed by atoms with van der Waals surface area (Å²) in [5.74, 6) is 0.0804. The van der Waals surface area contributed by atoms with Gasteiger partial charge in [-0.25, -0.2) is 4.39 Å². The molecular weight excluding hydrogens is 367 g/mol. The van der Waals surface area contributed by atoms with Gasteiger partial charge in [0.1, 0.15) is 18.2 Å². The van der Waals surface area contributed by atoms with Crippen LogP contribution in [-0.2, 0) is 11.2 Å². The van der Waals surface area contributed by atoms with Crippen molar-refractivity contribution in [1.29, 1.82) is 0 Å². The van der Waals surface area contributed by atoms with Crippen molar-refractivity contribution in [2.75, 3.05) is 13.2 Å². The van der Waals surface area contributed by atoms with Crippen LogP contribution < -0.4 is 10.5 Å². The average Bonchev–Trinajstić information content (AvgIpc) is 3.12. The van der Waals surface area contributed by atoms with Gasteiger partial charge in [0.2, 0.25) is 5.91 Å². The van der Waals surface area contributed by atoms with Crippen LogP contribution in [0.4, 0.5) is 4.39 Å². The van der Waals surface area contributed by atoms with E-state index in [0.717, 1.165) is 18.4 Å². The number of amides is 1. The molecule has 0 bridgehead atoms. The van der Waals surface area contributed by atoms with E-state index in [2.05, 4.69) is 0 Å². The minimum atomic E-state index is -0.557. The number of hydrogen-bond acceptors (Lipinski definition) is 3. The first-order valence-corrected chi connectivity index (χ1v) is 9.59. The average molecular weight is 391 g/mol. The summed E-state index contributed by atoms with van der Waals surface area (Å²) in [6, 6.07) is 13.0. The molecule has 1 heterocycles. The van der Waals surface area contributed by atoms with E-state index in [1.54, 1.807) is 12.1 Å². The van der Waals surface area contributed by atoms with Crippen molar-refractivity contribution in [2.24, 2.45) is 5.73 Å². The Labute approximate surface area is 164 Å². The third kappa shape index (κ3) is 5.44. The quantitative estimate of drug-likeness (QED) is 0.782. The van der Waals surface area contributed by atoms with Crippen molar-refractivity contribution in [2.45, 2.75) is 37.8 Å². The topological polar surface area (TPSA) is 55.6 Å². The Morgan fingerprint density at radius 2 is 2.11 bits per heavy atom. The molecule has 1 saturated heterocycles. The Kier molecular flexibility index (Phi) is 6.69. The van der Waals surface area contributed by atoms with E-state index in [1.807, 2.05) is 29.2 Å². The predicted molar refractivity (Wildman–Crippen MR) is 104 cm³/mol. The second kappa shape index (κ2) is 9.20. The summed E-state index contributed by atoms with van der Waals surface area (Å²) in [5.41, 5.74) is 7.23. The van der Waals surface area contributed by atoms with Crippen LogP contribution in [0.5, 0.6) is 5.75 Å². The maximum atomic E-state index is 13.3. The summed E-state index contributed by atoms with van der Waals surface area (Å²) < 4.78 is 18.9. The highest BCUT2D eigenvalue weighted by molar-refractivity contribution is 6.30. The lowest BCUT2D eigenvalue weighted by molar-refractivity contribution is -0.134. The number of aryl methyl sites for hydroxylation is 1. The molecule has 2 atom stereocenters. The lowest BCUT2D eigenvalue weighted by Gasteiger charge is -2.27. The molecule has 1 aliphatic heterocycles. The zero-order valence-corrected chi connectivity index (χ0v) is 15.9. The molecule has 2 aromatic carbocycles. The Morgan fingerprint density at radius 1 is 1.30 bits per heavy atom. The number of hydrogen-bond donors (Lipinski definition) is 1. The number of nitrogens with two attached hydrogens (primary N) is 1. The van der Waals surface area contributed by atoms with Crippen LogP contribution in [-0.4, -0.2) is 36.0 Å². The molecule has 0 unspecified atom stereocenters. The summed E-state index contributed by atoms with van der Waals surface area (Å²) in [7, 11) is 0. The van der Waals surface area contributed by atoms with Crippen LogP contribution in [0.2, 0.25) is 5.02 Å². The Morgan fingerprint density at radius 3 is 2.89 bits per heavy atom. The largest absolute Gasteiger partial charge is 0.491 e. The van der Waals surface area contributed by atoms with Gasteiger partial charge in [0.15, 0.2) is 0 Å². The first-order valence-electron chi connectivity index (χ1n) is 9.22. The van der Waals surface area contributed by atoms with E-state index >= 15 is 0 Å². The van der Waals surface area contributed by atoms with Gasteiger partial charge in [-0.1, -0.05) is 29.8 Å². The minimum absolute atomic E-state index is 0.0296.